The van der Waals surface area contributed by atoms with E-state index in [2.05, 4.69) is 22.5 Å². The lowest BCUT2D eigenvalue weighted by molar-refractivity contribution is -0.0999. The van der Waals surface area contributed by atoms with Crippen molar-refractivity contribution in [2.75, 3.05) is 32.6 Å². The Morgan fingerprint density at radius 2 is 1.97 bits per heavy atom. The highest BCUT2D eigenvalue weighted by molar-refractivity contribution is 7.80. The number of hydrogen-bond donors (Lipinski definition) is 2. The number of methoxy groups -OCH3 is 1. The third-order valence-electron chi connectivity index (χ3n) is 5.00. The molecule has 2 N–H and O–H groups in total. The number of rotatable bonds is 8. The number of allylic oxidation sites excluding steroid dienone is 1. The Labute approximate surface area is 211 Å². The summed E-state index contributed by atoms with van der Waals surface area (Å²) < 4.78 is 37.5. The third-order valence-corrected chi connectivity index (χ3v) is 5.67. The zero-order valence-corrected chi connectivity index (χ0v) is 20.7. The van der Waals surface area contributed by atoms with E-state index < -0.39 is 24.9 Å². The molecule has 1 amide bonds. The predicted molar refractivity (Wildman–Crippen MR) is 135 cm³/mol. The van der Waals surface area contributed by atoms with Gasteiger partial charge in [0.15, 0.2) is 5.11 Å². The number of carbonyl (C=O) groups excluding carboxylic acids is 1. The molecule has 0 spiro atoms. The molecule has 0 atom stereocenters. The van der Waals surface area contributed by atoms with Gasteiger partial charge in [0.2, 0.25) is 0 Å². The fraction of sp³-hybridized carbons (Fsp3) is 0.261. The van der Waals surface area contributed by atoms with E-state index in [0.29, 0.717) is 28.4 Å². The zero-order chi connectivity index (χ0) is 25.8. The number of hydrogen-bond acceptors (Lipinski definition) is 6. The lowest BCUT2D eigenvalue weighted by Crippen LogP contribution is -2.59. The summed E-state index contributed by atoms with van der Waals surface area (Å²) >= 11 is 11.5. The van der Waals surface area contributed by atoms with E-state index in [1.54, 1.807) is 43.3 Å². The summed E-state index contributed by atoms with van der Waals surface area (Å²) in [4.78, 5) is 22.5. The number of alkyl halides is 2. The number of benzene rings is 2. The monoisotopic (exact) mass is 524 g/mol. The first-order valence-corrected chi connectivity index (χ1v) is 11.0. The molecule has 2 aromatic carbocycles. The summed E-state index contributed by atoms with van der Waals surface area (Å²) in [7, 11) is 2.74. The van der Waals surface area contributed by atoms with Crippen LogP contribution in [0.5, 0.6) is 11.5 Å². The number of halogens is 3. The summed E-state index contributed by atoms with van der Waals surface area (Å²) in [5.41, 5.74) is 3.79. The quantitative estimate of drug-likeness (QED) is 0.216. The van der Waals surface area contributed by atoms with E-state index in [-0.39, 0.29) is 21.4 Å². The molecule has 0 aromatic heterocycles. The van der Waals surface area contributed by atoms with Crippen molar-refractivity contribution in [2.24, 2.45) is 4.99 Å². The van der Waals surface area contributed by atoms with Crippen LogP contribution in [0.2, 0.25) is 5.02 Å². The highest BCUT2D eigenvalue weighted by Crippen LogP contribution is 2.36. The molecule has 1 aliphatic rings. The van der Waals surface area contributed by atoms with E-state index >= 15 is 0 Å². The SMILES string of the molecule is C=Nc1cc(OC)c(C(=O)NOC)cc1/C(=C\C)Oc1ccc(NC(=S)N2CC(F)(F)C2)c(Cl)c1. The van der Waals surface area contributed by atoms with Gasteiger partial charge in [0, 0.05) is 17.7 Å². The van der Waals surface area contributed by atoms with Crippen LogP contribution in [0.25, 0.3) is 5.76 Å². The molecule has 8 nitrogen and oxygen atoms in total. The highest BCUT2D eigenvalue weighted by Gasteiger charge is 2.45. The Kier molecular flexibility index (Phi) is 8.26. The molecular weight excluding hydrogens is 502 g/mol. The summed E-state index contributed by atoms with van der Waals surface area (Å²) in [6, 6.07) is 7.90. The first-order valence-electron chi connectivity index (χ1n) is 10.2. The van der Waals surface area contributed by atoms with Crippen molar-refractivity contribution in [1.29, 1.82) is 0 Å². The van der Waals surface area contributed by atoms with E-state index in [4.69, 9.17) is 38.1 Å². The Morgan fingerprint density at radius 1 is 1.26 bits per heavy atom. The number of nitrogens with one attached hydrogen (secondary N) is 2. The second-order valence-corrected chi connectivity index (χ2v) is 8.20. The molecule has 1 fully saturated rings. The van der Waals surface area contributed by atoms with Crippen LogP contribution in [0.3, 0.4) is 0 Å². The molecule has 2 aromatic rings. The number of thiocarbonyl (C=S) groups is 1. The second-order valence-electron chi connectivity index (χ2n) is 7.40. The number of carbonyl (C=O) groups is 1. The smallest absolute Gasteiger partial charge is 0.282 e. The Balaban J connectivity index is 1.83. The number of hydroxylamine groups is 1. The second kappa shape index (κ2) is 11.0. The van der Waals surface area contributed by atoms with Crippen molar-refractivity contribution >= 4 is 58.7 Å². The molecule has 1 saturated heterocycles. The Hall–Kier alpha value is -3.28. The van der Waals surface area contributed by atoms with Gasteiger partial charge in [-0.05, 0) is 50.1 Å². The average Bonchev–Trinajstić information content (AvgIpc) is 2.81. The van der Waals surface area contributed by atoms with Crippen LogP contribution in [0.1, 0.15) is 22.8 Å². The highest BCUT2D eigenvalue weighted by atomic mass is 35.5. The van der Waals surface area contributed by atoms with Gasteiger partial charge in [-0.25, -0.2) is 14.3 Å². The first kappa shape index (κ1) is 26.3. The van der Waals surface area contributed by atoms with Crippen LogP contribution >= 0.6 is 23.8 Å². The number of aliphatic imine (C=N–C) groups is 1. The minimum absolute atomic E-state index is 0.155. The predicted octanol–water partition coefficient (Wildman–Crippen LogP) is 5.06. The number of anilines is 1. The normalized spacial score (nSPS) is 14.6. The van der Waals surface area contributed by atoms with Crippen LogP contribution in [0.4, 0.5) is 20.2 Å². The Bertz CT molecular complexity index is 1180. The number of ether oxygens (including phenoxy) is 2. The number of nitrogens with zero attached hydrogens (tertiary/aromatic N) is 2. The first-order chi connectivity index (χ1) is 16.6. The molecule has 35 heavy (non-hydrogen) atoms. The van der Waals surface area contributed by atoms with E-state index in [9.17, 15) is 13.6 Å². The number of amides is 1. The fourth-order valence-corrected chi connectivity index (χ4v) is 3.76. The zero-order valence-electron chi connectivity index (χ0n) is 19.2. The van der Waals surface area contributed by atoms with Gasteiger partial charge in [-0.3, -0.25) is 14.6 Å². The minimum Gasteiger partial charge on any atom is -0.496 e. The fourth-order valence-electron chi connectivity index (χ4n) is 3.30. The molecule has 0 bridgehead atoms. The van der Waals surface area contributed by atoms with Gasteiger partial charge in [-0.2, -0.15) is 0 Å². The van der Waals surface area contributed by atoms with Crippen LogP contribution < -0.4 is 20.3 Å². The van der Waals surface area contributed by atoms with Gasteiger partial charge >= 0.3 is 0 Å². The van der Waals surface area contributed by atoms with Crippen LogP contribution in [-0.4, -0.2) is 55.9 Å². The van der Waals surface area contributed by atoms with Gasteiger partial charge in [-0.1, -0.05) is 11.6 Å². The molecule has 0 saturated carbocycles. The molecule has 1 aliphatic heterocycles. The van der Waals surface area contributed by atoms with Crippen molar-refractivity contribution in [3.63, 3.8) is 0 Å². The van der Waals surface area contributed by atoms with E-state index in [0.717, 1.165) is 0 Å². The topological polar surface area (TPSA) is 84.4 Å². The van der Waals surface area contributed by atoms with Crippen molar-refractivity contribution in [2.45, 2.75) is 12.8 Å². The summed E-state index contributed by atoms with van der Waals surface area (Å²) in [6.45, 7) is 4.46. The van der Waals surface area contributed by atoms with Crippen LogP contribution in [0, 0.1) is 0 Å². The maximum absolute atomic E-state index is 13.1. The maximum atomic E-state index is 13.1. The lowest BCUT2D eigenvalue weighted by Gasteiger charge is -2.40. The van der Waals surface area contributed by atoms with Gasteiger partial charge in [0.05, 0.1) is 49.3 Å². The molecule has 0 radical (unpaired) electrons. The average molecular weight is 525 g/mol. The van der Waals surface area contributed by atoms with Crippen LogP contribution in [-0.2, 0) is 4.84 Å². The summed E-state index contributed by atoms with van der Waals surface area (Å²) in [6.07, 6.45) is 1.69. The molecule has 0 aliphatic carbocycles. The summed E-state index contributed by atoms with van der Waals surface area (Å²) in [5.74, 6) is -2.23. The molecule has 1 heterocycles. The van der Waals surface area contributed by atoms with Gasteiger partial charge in [0.1, 0.15) is 17.3 Å². The van der Waals surface area contributed by atoms with Crippen molar-refractivity contribution in [1.82, 2.24) is 10.4 Å². The standard InChI is InChI=1S/C23H23ClF2N4O4S/c1-5-19(14-9-15(21(31)29-33-4)20(32-3)10-18(14)27-2)34-13-6-7-17(16(24)8-13)28-22(35)30-11-23(25,26)12-30/h5-10H,2,11-12H2,1,3-4H3,(H,28,35)(H,29,31)/b19-5+. The van der Waals surface area contributed by atoms with Gasteiger partial charge in [0.25, 0.3) is 11.8 Å². The molecular formula is C23H23ClF2N4O4S. The molecule has 3 rings (SSSR count). The molecule has 12 heteroatoms. The Morgan fingerprint density at radius 3 is 2.51 bits per heavy atom. The molecule has 186 valence electrons. The largest absolute Gasteiger partial charge is 0.496 e. The van der Waals surface area contributed by atoms with Gasteiger partial charge in [-0.15, -0.1) is 0 Å². The van der Waals surface area contributed by atoms with Crippen molar-refractivity contribution < 1.29 is 27.9 Å². The van der Waals surface area contributed by atoms with E-state index in [1.165, 1.54) is 19.1 Å². The van der Waals surface area contributed by atoms with Crippen LogP contribution in [0.15, 0.2) is 41.4 Å². The lowest BCUT2D eigenvalue weighted by atomic mass is 10.0. The van der Waals surface area contributed by atoms with Crippen molar-refractivity contribution in [3.8, 4) is 11.5 Å². The maximum Gasteiger partial charge on any atom is 0.282 e. The summed E-state index contributed by atoms with van der Waals surface area (Å²) in [5, 5.41) is 3.29. The number of likely N-dealkylation sites (tertiary alicyclic amines) is 1. The minimum atomic E-state index is -2.74. The third kappa shape index (κ3) is 6.05. The van der Waals surface area contributed by atoms with E-state index in [1.807, 2.05) is 0 Å². The van der Waals surface area contributed by atoms with Crippen molar-refractivity contribution in [3.05, 3.63) is 52.6 Å². The molecule has 0 unspecified atom stereocenters. The van der Waals surface area contributed by atoms with Gasteiger partial charge < -0.3 is 19.7 Å².